The molecule has 0 radical (unpaired) electrons. The third-order valence-electron chi connectivity index (χ3n) is 7.43. The summed E-state index contributed by atoms with van der Waals surface area (Å²) in [5.74, 6) is 0.489. The van der Waals surface area contributed by atoms with Gasteiger partial charge in [-0.25, -0.2) is 8.42 Å². The molecule has 0 spiro atoms. The summed E-state index contributed by atoms with van der Waals surface area (Å²) in [5.41, 5.74) is 1.77. The second-order valence-electron chi connectivity index (χ2n) is 10.3. The number of ether oxygens (including phenoxy) is 3. The summed E-state index contributed by atoms with van der Waals surface area (Å²) in [4.78, 5) is 29.3. The van der Waals surface area contributed by atoms with Crippen molar-refractivity contribution in [3.8, 4) is 17.2 Å². The predicted molar refractivity (Wildman–Crippen MR) is 170 cm³/mol. The first kappa shape index (κ1) is 31.4. The Morgan fingerprint density at radius 3 is 2.20 bits per heavy atom. The van der Waals surface area contributed by atoms with Crippen molar-refractivity contribution in [3.63, 3.8) is 0 Å². The molecule has 45 heavy (non-hydrogen) atoms. The lowest BCUT2D eigenvalue weighted by Gasteiger charge is -2.34. The minimum Gasteiger partial charge on any atom is -0.497 e. The molecule has 10 nitrogen and oxygen atoms in total. The Morgan fingerprint density at radius 2 is 1.51 bits per heavy atom. The number of carbonyl (C=O) groups is 2. The van der Waals surface area contributed by atoms with E-state index >= 15 is 0 Å². The Morgan fingerprint density at radius 1 is 0.844 bits per heavy atom. The van der Waals surface area contributed by atoms with Gasteiger partial charge in [0.05, 0.1) is 17.7 Å². The maximum Gasteiger partial charge on any atom is 0.264 e. The molecule has 0 aliphatic carbocycles. The van der Waals surface area contributed by atoms with Crippen molar-refractivity contribution in [1.82, 2.24) is 10.2 Å². The van der Waals surface area contributed by atoms with E-state index in [9.17, 15) is 18.0 Å². The lowest BCUT2D eigenvalue weighted by molar-refractivity contribution is -0.139. The summed E-state index contributed by atoms with van der Waals surface area (Å²) in [6.07, 6.45) is 0.214. The topological polar surface area (TPSA) is 114 Å². The summed E-state index contributed by atoms with van der Waals surface area (Å²) in [6.45, 7) is 0.130. The number of nitrogens with one attached hydrogen (secondary N) is 1. The van der Waals surface area contributed by atoms with E-state index in [1.165, 1.54) is 24.1 Å². The van der Waals surface area contributed by atoms with Crippen LogP contribution < -0.4 is 23.8 Å². The zero-order valence-corrected chi connectivity index (χ0v) is 25.9. The Kier molecular flexibility index (Phi) is 9.89. The van der Waals surface area contributed by atoms with E-state index in [0.29, 0.717) is 36.0 Å². The Balaban J connectivity index is 1.58. The molecule has 5 rings (SSSR count). The van der Waals surface area contributed by atoms with Crippen LogP contribution in [0.4, 0.5) is 5.69 Å². The Labute approximate surface area is 263 Å². The Bertz CT molecular complexity index is 1730. The molecule has 0 saturated carbocycles. The lowest BCUT2D eigenvalue weighted by Crippen LogP contribution is -2.53. The maximum absolute atomic E-state index is 14.5. The van der Waals surface area contributed by atoms with Gasteiger partial charge in [-0.05, 0) is 47.5 Å². The van der Waals surface area contributed by atoms with Crippen LogP contribution in [0.2, 0.25) is 0 Å². The Hall–Kier alpha value is -5.03. The summed E-state index contributed by atoms with van der Waals surface area (Å²) < 4.78 is 46.1. The van der Waals surface area contributed by atoms with Crippen LogP contribution in [0.15, 0.2) is 108 Å². The van der Waals surface area contributed by atoms with Crippen molar-refractivity contribution < 1.29 is 32.2 Å². The number of carbonyl (C=O) groups excluding carboxylic acids is 2. The molecule has 2 amide bonds. The number of likely N-dealkylation sites (N-methyl/N-ethyl adjacent to an activating group) is 1. The van der Waals surface area contributed by atoms with Crippen LogP contribution in [0.5, 0.6) is 17.2 Å². The fourth-order valence-electron chi connectivity index (χ4n) is 5.12. The van der Waals surface area contributed by atoms with Gasteiger partial charge in [0.15, 0.2) is 11.5 Å². The van der Waals surface area contributed by atoms with Gasteiger partial charge >= 0.3 is 0 Å². The minimum atomic E-state index is -4.23. The molecule has 4 aromatic carbocycles. The van der Waals surface area contributed by atoms with Gasteiger partial charge in [-0.15, -0.1) is 0 Å². The van der Waals surface area contributed by atoms with Crippen LogP contribution in [0, 0.1) is 0 Å². The zero-order valence-electron chi connectivity index (χ0n) is 25.1. The molecule has 11 heteroatoms. The van der Waals surface area contributed by atoms with Gasteiger partial charge in [0.25, 0.3) is 10.0 Å². The number of rotatable bonds is 12. The molecule has 234 valence electrons. The summed E-state index contributed by atoms with van der Waals surface area (Å²) in [5, 5.41) is 2.68. The highest BCUT2D eigenvalue weighted by molar-refractivity contribution is 7.92. The number of anilines is 1. The second-order valence-corrected chi connectivity index (χ2v) is 12.2. The molecule has 4 aromatic rings. The average Bonchev–Trinajstić information content (AvgIpc) is 3.08. The summed E-state index contributed by atoms with van der Waals surface area (Å²) >= 11 is 0. The molecular weight excluding hydrogens is 594 g/mol. The van der Waals surface area contributed by atoms with Crippen LogP contribution >= 0.6 is 0 Å². The van der Waals surface area contributed by atoms with E-state index in [0.717, 1.165) is 9.87 Å². The van der Waals surface area contributed by atoms with E-state index in [1.807, 2.05) is 36.4 Å². The molecule has 1 atom stereocenters. The van der Waals surface area contributed by atoms with E-state index < -0.39 is 28.5 Å². The highest BCUT2D eigenvalue weighted by atomic mass is 32.2. The van der Waals surface area contributed by atoms with E-state index in [1.54, 1.807) is 61.7 Å². The van der Waals surface area contributed by atoms with Crippen LogP contribution in [-0.2, 0) is 32.6 Å². The number of hydrogen-bond acceptors (Lipinski definition) is 7. The maximum atomic E-state index is 14.5. The van der Waals surface area contributed by atoms with Crippen molar-refractivity contribution in [2.45, 2.75) is 23.9 Å². The van der Waals surface area contributed by atoms with Crippen LogP contribution in [0.1, 0.15) is 11.1 Å². The smallest absolute Gasteiger partial charge is 0.264 e. The van der Waals surface area contributed by atoms with Gasteiger partial charge in [0, 0.05) is 26.1 Å². The zero-order chi connectivity index (χ0) is 31.8. The van der Waals surface area contributed by atoms with E-state index in [2.05, 4.69) is 5.32 Å². The molecule has 1 aliphatic rings. The molecule has 0 fully saturated rings. The third kappa shape index (κ3) is 7.38. The minimum absolute atomic E-state index is 0.0131. The van der Waals surface area contributed by atoms with E-state index in [4.69, 9.17) is 14.2 Å². The van der Waals surface area contributed by atoms with E-state index in [-0.39, 0.29) is 29.5 Å². The molecule has 1 unspecified atom stereocenters. The summed E-state index contributed by atoms with van der Waals surface area (Å²) in [6, 6.07) is 28.2. The normalized spacial score (nSPS) is 12.9. The average molecular weight is 630 g/mol. The van der Waals surface area contributed by atoms with Crippen LogP contribution in [0.25, 0.3) is 0 Å². The van der Waals surface area contributed by atoms with Gasteiger partial charge < -0.3 is 24.4 Å². The summed E-state index contributed by atoms with van der Waals surface area (Å²) in [7, 11) is -1.18. The fraction of sp³-hybridized carbons (Fsp3) is 0.235. The van der Waals surface area contributed by atoms with Crippen molar-refractivity contribution in [2.24, 2.45) is 0 Å². The highest BCUT2D eigenvalue weighted by Gasteiger charge is 2.35. The highest BCUT2D eigenvalue weighted by Crippen LogP contribution is 2.36. The van der Waals surface area contributed by atoms with Gasteiger partial charge in [-0.1, -0.05) is 60.7 Å². The molecule has 0 saturated heterocycles. The number of methoxy groups -OCH3 is 1. The third-order valence-corrected chi connectivity index (χ3v) is 9.22. The van der Waals surface area contributed by atoms with Crippen LogP contribution in [0.3, 0.4) is 0 Å². The van der Waals surface area contributed by atoms with Gasteiger partial charge in [0.1, 0.15) is 31.5 Å². The van der Waals surface area contributed by atoms with Gasteiger partial charge in [-0.2, -0.15) is 0 Å². The largest absolute Gasteiger partial charge is 0.497 e. The lowest BCUT2D eigenvalue weighted by atomic mass is 10.0. The number of benzene rings is 4. The first-order chi connectivity index (χ1) is 21.8. The standard InChI is InChI=1S/C34H35N3O7S/c1-35-34(39)30(21-25-10-5-3-6-11-25)36(23-26-12-9-13-28(20-26)42-2)33(38)24-37(45(40,41)29-14-7-4-8-15-29)27-16-17-31-32(22-27)44-19-18-43-31/h3-17,20,22,30H,18-19,21,23-24H2,1-2H3,(H,35,39). The van der Waals surface area contributed by atoms with Gasteiger partial charge in [0.2, 0.25) is 11.8 Å². The first-order valence-electron chi connectivity index (χ1n) is 14.5. The monoisotopic (exact) mass is 629 g/mol. The second kappa shape index (κ2) is 14.2. The van der Waals surface area contributed by atoms with Crippen LogP contribution in [-0.4, -0.2) is 65.1 Å². The molecule has 0 bridgehead atoms. The predicted octanol–water partition coefficient (Wildman–Crippen LogP) is 4.05. The number of fused-ring (bicyclic) bond motifs is 1. The molecular formula is C34H35N3O7S. The SMILES string of the molecule is CNC(=O)C(Cc1ccccc1)N(Cc1cccc(OC)c1)C(=O)CN(c1ccc2c(c1)OCCO2)S(=O)(=O)c1ccccc1. The molecule has 1 aliphatic heterocycles. The quantitative estimate of drug-likeness (QED) is 0.252. The number of sulfonamides is 1. The number of hydrogen-bond donors (Lipinski definition) is 1. The first-order valence-corrected chi connectivity index (χ1v) is 15.9. The number of nitrogens with zero attached hydrogens (tertiary/aromatic N) is 2. The van der Waals surface area contributed by atoms with Crippen molar-refractivity contribution in [1.29, 1.82) is 0 Å². The van der Waals surface area contributed by atoms with Crippen molar-refractivity contribution in [3.05, 3.63) is 114 Å². The number of amides is 2. The van der Waals surface area contributed by atoms with Crippen molar-refractivity contribution in [2.75, 3.05) is 38.2 Å². The molecule has 1 N–H and O–H groups in total. The molecule has 1 heterocycles. The van der Waals surface area contributed by atoms with Crippen molar-refractivity contribution >= 4 is 27.5 Å². The fourth-order valence-corrected chi connectivity index (χ4v) is 6.55. The molecule has 0 aromatic heterocycles. The van der Waals surface area contributed by atoms with Gasteiger partial charge in [-0.3, -0.25) is 13.9 Å².